The van der Waals surface area contributed by atoms with Gasteiger partial charge in [0.15, 0.2) is 0 Å². The highest BCUT2D eigenvalue weighted by Crippen LogP contribution is 2.30. The third-order valence-corrected chi connectivity index (χ3v) is 5.74. The molecule has 102 valence electrons. The average molecular weight is 361 g/mol. The molecule has 19 heavy (non-hydrogen) atoms. The lowest BCUT2D eigenvalue weighted by Crippen LogP contribution is -2.13. The Balaban J connectivity index is 2.33. The molecule has 0 bridgehead atoms. The van der Waals surface area contributed by atoms with E-state index in [1.54, 1.807) is 31.2 Å². The standard InChI is InChI=1S/C12H13BrN2O2S2/c1-8-11(6-12(13)18-8)19(16,17)15-10-4-2-3-9(5-10)7-14/h2-6,15H,7,14H2,1H3. The van der Waals surface area contributed by atoms with Crippen molar-refractivity contribution in [1.29, 1.82) is 0 Å². The molecule has 1 aromatic heterocycles. The first kappa shape index (κ1) is 14.5. The molecule has 1 heterocycles. The minimum atomic E-state index is -3.56. The van der Waals surface area contributed by atoms with Crippen LogP contribution in [0.5, 0.6) is 0 Å². The van der Waals surface area contributed by atoms with Crippen molar-refractivity contribution < 1.29 is 8.42 Å². The molecule has 0 saturated carbocycles. The first-order chi connectivity index (χ1) is 8.92. The summed E-state index contributed by atoms with van der Waals surface area (Å²) in [5.41, 5.74) is 6.94. The lowest BCUT2D eigenvalue weighted by Gasteiger charge is -2.08. The minimum absolute atomic E-state index is 0.294. The average Bonchev–Trinajstić information content (AvgIpc) is 2.69. The number of hydrogen-bond acceptors (Lipinski definition) is 4. The zero-order valence-corrected chi connectivity index (χ0v) is 13.4. The summed E-state index contributed by atoms with van der Waals surface area (Å²) in [4.78, 5) is 1.04. The van der Waals surface area contributed by atoms with Crippen molar-refractivity contribution in [2.75, 3.05) is 4.72 Å². The normalized spacial score (nSPS) is 11.5. The summed E-state index contributed by atoms with van der Waals surface area (Å²) < 4.78 is 27.9. The van der Waals surface area contributed by atoms with Gasteiger partial charge in [-0.3, -0.25) is 4.72 Å². The number of benzene rings is 1. The van der Waals surface area contributed by atoms with Crippen molar-refractivity contribution >= 4 is 43.0 Å². The number of hydrogen-bond donors (Lipinski definition) is 2. The van der Waals surface area contributed by atoms with Gasteiger partial charge in [0.1, 0.15) is 4.90 Å². The van der Waals surface area contributed by atoms with E-state index in [0.29, 0.717) is 17.1 Å². The maximum Gasteiger partial charge on any atom is 0.263 e. The monoisotopic (exact) mass is 360 g/mol. The van der Waals surface area contributed by atoms with Gasteiger partial charge < -0.3 is 5.73 Å². The summed E-state index contributed by atoms with van der Waals surface area (Å²) in [6.45, 7) is 2.15. The Labute approximate surface area is 124 Å². The van der Waals surface area contributed by atoms with Crippen molar-refractivity contribution in [3.8, 4) is 0 Å². The van der Waals surface area contributed by atoms with Gasteiger partial charge >= 0.3 is 0 Å². The van der Waals surface area contributed by atoms with Crippen LogP contribution in [0.15, 0.2) is 39.0 Å². The second kappa shape index (κ2) is 5.62. The molecular weight excluding hydrogens is 348 g/mol. The van der Waals surface area contributed by atoms with Crippen molar-refractivity contribution in [3.05, 3.63) is 44.6 Å². The number of aryl methyl sites for hydroxylation is 1. The lowest BCUT2D eigenvalue weighted by atomic mass is 10.2. The Morgan fingerprint density at radius 3 is 2.68 bits per heavy atom. The molecule has 0 radical (unpaired) electrons. The van der Waals surface area contributed by atoms with E-state index in [2.05, 4.69) is 20.7 Å². The van der Waals surface area contributed by atoms with E-state index in [-0.39, 0.29) is 0 Å². The van der Waals surface area contributed by atoms with Crippen molar-refractivity contribution in [2.45, 2.75) is 18.4 Å². The van der Waals surface area contributed by atoms with E-state index in [0.717, 1.165) is 14.2 Å². The van der Waals surface area contributed by atoms with Crippen LogP contribution >= 0.6 is 27.3 Å². The van der Waals surface area contributed by atoms with Crippen LogP contribution in [0.4, 0.5) is 5.69 Å². The smallest absolute Gasteiger partial charge is 0.263 e. The number of anilines is 1. The van der Waals surface area contributed by atoms with Gasteiger partial charge in [0.25, 0.3) is 10.0 Å². The molecule has 0 aliphatic heterocycles. The topological polar surface area (TPSA) is 72.2 Å². The Bertz CT molecular complexity index is 696. The van der Waals surface area contributed by atoms with E-state index in [1.807, 2.05) is 6.07 Å². The fourth-order valence-electron chi connectivity index (χ4n) is 1.67. The van der Waals surface area contributed by atoms with Crippen LogP contribution in [0.1, 0.15) is 10.4 Å². The summed E-state index contributed by atoms with van der Waals surface area (Å²) in [5.74, 6) is 0. The molecule has 0 amide bonds. The Morgan fingerprint density at radius 1 is 1.37 bits per heavy atom. The Hall–Kier alpha value is -0.890. The maximum atomic E-state index is 12.3. The molecule has 0 unspecified atom stereocenters. The van der Waals surface area contributed by atoms with Crippen LogP contribution in [0.25, 0.3) is 0 Å². The third-order valence-electron chi connectivity index (χ3n) is 2.55. The predicted molar refractivity (Wildman–Crippen MR) is 81.9 cm³/mol. The number of thiophene rings is 1. The molecule has 7 heteroatoms. The van der Waals surface area contributed by atoms with Crippen LogP contribution in [0, 0.1) is 6.92 Å². The largest absolute Gasteiger partial charge is 0.326 e. The molecule has 0 atom stereocenters. The van der Waals surface area contributed by atoms with E-state index < -0.39 is 10.0 Å². The highest BCUT2D eigenvalue weighted by atomic mass is 79.9. The molecule has 0 fully saturated rings. The van der Waals surface area contributed by atoms with E-state index in [9.17, 15) is 8.42 Å². The summed E-state index contributed by atoms with van der Waals surface area (Å²) in [6.07, 6.45) is 0. The van der Waals surface area contributed by atoms with Crippen molar-refractivity contribution in [1.82, 2.24) is 0 Å². The predicted octanol–water partition coefficient (Wildman–Crippen LogP) is 3.08. The summed E-state index contributed by atoms with van der Waals surface area (Å²) in [7, 11) is -3.56. The fourth-order valence-corrected chi connectivity index (χ4v) is 5.13. The molecule has 3 N–H and O–H groups in total. The zero-order chi connectivity index (χ0) is 14.0. The van der Waals surface area contributed by atoms with Crippen LogP contribution < -0.4 is 10.5 Å². The lowest BCUT2D eigenvalue weighted by molar-refractivity contribution is 0.601. The van der Waals surface area contributed by atoms with E-state index >= 15 is 0 Å². The molecule has 2 rings (SSSR count). The Morgan fingerprint density at radius 2 is 2.11 bits per heavy atom. The Kier molecular flexibility index (Phi) is 4.29. The highest BCUT2D eigenvalue weighted by Gasteiger charge is 2.19. The first-order valence-electron chi connectivity index (χ1n) is 5.50. The molecule has 0 spiro atoms. The fraction of sp³-hybridized carbons (Fsp3) is 0.167. The SMILES string of the molecule is Cc1sc(Br)cc1S(=O)(=O)Nc1cccc(CN)c1. The molecule has 0 saturated heterocycles. The summed E-state index contributed by atoms with van der Waals surface area (Å²) in [6, 6.07) is 8.66. The van der Waals surface area contributed by atoms with Crippen LogP contribution in [0.3, 0.4) is 0 Å². The second-order valence-electron chi connectivity index (χ2n) is 3.98. The van der Waals surface area contributed by atoms with Crippen LogP contribution in [-0.4, -0.2) is 8.42 Å². The minimum Gasteiger partial charge on any atom is -0.326 e. The van der Waals surface area contributed by atoms with Crippen LogP contribution in [0.2, 0.25) is 0 Å². The summed E-state index contributed by atoms with van der Waals surface area (Å²) in [5, 5.41) is 0. The van der Waals surface area contributed by atoms with E-state index in [4.69, 9.17) is 5.73 Å². The highest BCUT2D eigenvalue weighted by molar-refractivity contribution is 9.11. The quantitative estimate of drug-likeness (QED) is 0.879. The first-order valence-corrected chi connectivity index (χ1v) is 8.59. The molecule has 0 aliphatic rings. The van der Waals surface area contributed by atoms with Crippen molar-refractivity contribution in [2.24, 2.45) is 5.73 Å². The van der Waals surface area contributed by atoms with Gasteiger partial charge in [-0.05, 0) is 46.6 Å². The second-order valence-corrected chi connectivity index (χ2v) is 8.27. The van der Waals surface area contributed by atoms with Gasteiger partial charge in [-0.1, -0.05) is 12.1 Å². The van der Waals surface area contributed by atoms with Gasteiger partial charge in [0.05, 0.1) is 3.79 Å². The molecule has 0 aliphatic carbocycles. The maximum absolute atomic E-state index is 12.3. The van der Waals surface area contributed by atoms with Gasteiger partial charge in [-0.25, -0.2) is 8.42 Å². The van der Waals surface area contributed by atoms with Gasteiger partial charge in [-0.2, -0.15) is 0 Å². The number of rotatable bonds is 4. The van der Waals surface area contributed by atoms with Crippen molar-refractivity contribution in [3.63, 3.8) is 0 Å². The molecule has 2 aromatic rings. The summed E-state index contributed by atoms with van der Waals surface area (Å²) >= 11 is 4.69. The number of halogens is 1. The van der Waals surface area contributed by atoms with Gasteiger partial charge in [0, 0.05) is 17.1 Å². The number of nitrogens with two attached hydrogens (primary N) is 1. The number of nitrogens with one attached hydrogen (secondary N) is 1. The van der Waals surface area contributed by atoms with E-state index in [1.165, 1.54) is 11.3 Å². The van der Waals surface area contributed by atoms with Crippen LogP contribution in [-0.2, 0) is 16.6 Å². The molecular formula is C12H13BrN2O2S2. The molecule has 4 nitrogen and oxygen atoms in total. The molecule has 1 aromatic carbocycles. The third kappa shape index (κ3) is 3.36. The van der Waals surface area contributed by atoms with Gasteiger partial charge in [-0.15, -0.1) is 11.3 Å². The number of sulfonamides is 1. The zero-order valence-electron chi connectivity index (χ0n) is 10.2. The van der Waals surface area contributed by atoms with Gasteiger partial charge in [0.2, 0.25) is 0 Å².